The third-order valence-electron chi connectivity index (χ3n) is 5.65. The fraction of sp³-hybridized carbons (Fsp3) is 0.455. The van der Waals surface area contributed by atoms with Gasteiger partial charge in [-0.25, -0.2) is 8.42 Å². The van der Waals surface area contributed by atoms with Crippen molar-refractivity contribution < 1.29 is 13.2 Å². The molecular weight excluding hydrogens is 428 g/mol. The van der Waals surface area contributed by atoms with E-state index < -0.39 is 10.0 Å². The Labute approximate surface area is 190 Å². The normalized spacial score (nSPS) is 19.9. The number of sulfonamides is 1. The van der Waals surface area contributed by atoms with Crippen molar-refractivity contribution in [3.8, 4) is 0 Å². The average Bonchev–Trinajstić information content (AvgIpc) is 3.33. The lowest BCUT2D eigenvalue weighted by molar-refractivity contribution is 0.121. The second-order valence-corrected chi connectivity index (χ2v) is 10.4. The van der Waals surface area contributed by atoms with Gasteiger partial charge in [-0.05, 0) is 38.8 Å². The maximum absolute atomic E-state index is 11.7. The number of piperazine rings is 1. The van der Waals surface area contributed by atoms with Crippen LogP contribution in [0.2, 0.25) is 0 Å². The van der Waals surface area contributed by atoms with Crippen LogP contribution in [0, 0.1) is 6.92 Å². The Kier molecular flexibility index (Phi) is 6.94. The number of aliphatic imine (C=N–C) groups is 1. The van der Waals surface area contributed by atoms with Gasteiger partial charge in [0.05, 0.1) is 17.7 Å². The van der Waals surface area contributed by atoms with E-state index in [9.17, 15) is 8.42 Å². The van der Waals surface area contributed by atoms with Crippen LogP contribution in [0.3, 0.4) is 0 Å². The van der Waals surface area contributed by atoms with Crippen LogP contribution in [-0.2, 0) is 14.8 Å². The van der Waals surface area contributed by atoms with Gasteiger partial charge < -0.3 is 15.4 Å². The van der Waals surface area contributed by atoms with E-state index in [1.165, 1.54) is 16.8 Å². The number of nitrogens with one attached hydrogen (secondary N) is 1. The van der Waals surface area contributed by atoms with Crippen molar-refractivity contribution in [1.82, 2.24) is 19.4 Å². The molecule has 3 rings (SSSR count). The molecular formula is C22H32N6O3S. The summed E-state index contributed by atoms with van der Waals surface area (Å²) in [6.45, 7) is 13.5. The van der Waals surface area contributed by atoms with Gasteiger partial charge in [-0.15, -0.1) is 0 Å². The Morgan fingerprint density at radius 1 is 1.31 bits per heavy atom. The summed E-state index contributed by atoms with van der Waals surface area (Å²) >= 11 is 0. The maximum atomic E-state index is 11.7. The first kappa shape index (κ1) is 23.8. The number of nitrogens with two attached hydrogens (primary N) is 1. The van der Waals surface area contributed by atoms with E-state index in [0.717, 1.165) is 24.1 Å². The van der Waals surface area contributed by atoms with Crippen LogP contribution in [0.4, 0.5) is 0 Å². The van der Waals surface area contributed by atoms with Crippen molar-refractivity contribution in [2.75, 3.05) is 32.4 Å². The Hall–Kier alpha value is -2.85. The van der Waals surface area contributed by atoms with Gasteiger partial charge in [0.25, 0.3) is 0 Å². The van der Waals surface area contributed by atoms with Gasteiger partial charge in [0.2, 0.25) is 10.0 Å². The fourth-order valence-electron chi connectivity index (χ4n) is 3.40. The van der Waals surface area contributed by atoms with Crippen molar-refractivity contribution in [3.05, 3.63) is 60.0 Å². The predicted octanol–water partition coefficient (Wildman–Crippen LogP) is 2.12. The van der Waals surface area contributed by atoms with Crippen LogP contribution >= 0.6 is 0 Å². The smallest absolute Gasteiger partial charge is 0.211 e. The van der Waals surface area contributed by atoms with Gasteiger partial charge in [0, 0.05) is 44.0 Å². The van der Waals surface area contributed by atoms with Crippen LogP contribution in [0.15, 0.2) is 48.1 Å². The molecule has 0 amide bonds. The highest BCUT2D eigenvalue weighted by atomic mass is 32.2. The number of nitrogens with zero attached hydrogens (tertiary/aromatic N) is 4. The third-order valence-corrected chi connectivity index (χ3v) is 6.95. The Morgan fingerprint density at radius 3 is 2.53 bits per heavy atom. The third kappa shape index (κ3) is 5.89. The quantitative estimate of drug-likeness (QED) is 0.331. The topological polar surface area (TPSA) is 117 Å². The lowest BCUT2D eigenvalue weighted by Crippen LogP contribution is -2.49. The highest BCUT2D eigenvalue weighted by Crippen LogP contribution is 2.40. The molecule has 32 heavy (non-hydrogen) atoms. The van der Waals surface area contributed by atoms with Crippen LogP contribution < -0.4 is 5.73 Å². The fourth-order valence-corrected chi connectivity index (χ4v) is 4.23. The molecule has 2 fully saturated rings. The number of hydrogen-bond acceptors (Lipinski definition) is 7. The molecule has 0 bridgehead atoms. The van der Waals surface area contributed by atoms with Gasteiger partial charge >= 0.3 is 0 Å². The van der Waals surface area contributed by atoms with Crippen LogP contribution in [-0.4, -0.2) is 71.6 Å². The predicted molar refractivity (Wildman–Crippen MR) is 127 cm³/mol. The molecule has 1 aliphatic heterocycles. The van der Waals surface area contributed by atoms with Gasteiger partial charge in [-0.1, -0.05) is 13.2 Å². The van der Waals surface area contributed by atoms with Gasteiger partial charge in [0.1, 0.15) is 22.9 Å². The van der Waals surface area contributed by atoms with Crippen LogP contribution in [0.5, 0.6) is 0 Å². The molecule has 10 heteroatoms. The maximum Gasteiger partial charge on any atom is 0.211 e. The zero-order chi connectivity index (χ0) is 23.5. The Bertz CT molecular complexity index is 1070. The summed E-state index contributed by atoms with van der Waals surface area (Å²) in [5.74, 6) is 1.11. The van der Waals surface area contributed by atoms with Crippen molar-refractivity contribution >= 4 is 21.8 Å². The van der Waals surface area contributed by atoms with Crippen molar-refractivity contribution in [2.24, 2.45) is 10.7 Å². The highest BCUT2D eigenvalue weighted by molar-refractivity contribution is 7.88. The highest BCUT2D eigenvalue weighted by Gasteiger charge is 2.39. The van der Waals surface area contributed by atoms with Gasteiger partial charge in [-0.3, -0.25) is 10.1 Å². The Balaban J connectivity index is 1.72. The minimum atomic E-state index is -3.20. The molecule has 9 nitrogen and oxygen atoms in total. The summed E-state index contributed by atoms with van der Waals surface area (Å²) < 4.78 is 30.7. The first-order valence-corrected chi connectivity index (χ1v) is 12.3. The molecule has 174 valence electrons. The van der Waals surface area contributed by atoms with E-state index in [0.29, 0.717) is 49.2 Å². The molecule has 2 heterocycles. The molecule has 0 radical (unpaired) electrons. The molecule has 1 aliphatic carbocycles. The average molecular weight is 461 g/mol. The molecule has 1 aromatic rings. The number of H-pyrrole nitrogens is 1. The zero-order valence-electron chi connectivity index (χ0n) is 19.0. The number of allylic oxidation sites excluding steroid dienone is 2. The van der Waals surface area contributed by atoms with E-state index in [2.05, 4.69) is 35.3 Å². The summed E-state index contributed by atoms with van der Waals surface area (Å²) in [6, 6.07) is 0. The summed E-state index contributed by atoms with van der Waals surface area (Å²) in [7, 11) is -3.20. The summed E-state index contributed by atoms with van der Waals surface area (Å²) in [6.07, 6.45) is 10.2. The number of ether oxygens (including phenoxy) is 1. The van der Waals surface area contributed by atoms with E-state index in [1.54, 1.807) is 6.08 Å². The lowest BCUT2D eigenvalue weighted by Gasteiger charge is -2.34. The first-order valence-electron chi connectivity index (χ1n) is 10.5. The van der Waals surface area contributed by atoms with Crippen molar-refractivity contribution in [3.63, 3.8) is 0 Å². The van der Waals surface area contributed by atoms with E-state index in [1.807, 2.05) is 24.0 Å². The molecule has 0 atom stereocenters. The summed E-state index contributed by atoms with van der Waals surface area (Å²) in [5.41, 5.74) is 9.18. The minimum Gasteiger partial charge on any atom is -0.488 e. The van der Waals surface area contributed by atoms with E-state index in [4.69, 9.17) is 10.5 Å². The van der Waals surface area contributed by atoms with Gasteiger partial charge in [-0.2, -0.15) is 9.40 Å². The molecule has 0 unspecified atom stereocenters. The number of hydrogen-bond donors (Lipinski definition) is 2. The standard InChI is InChI=1S/C22H32N6O3S/c1-6-24-19(15-20(23)27-11-13-28(14-12-27)32(5,29)30)21-17(3)18(25-26-21)8-7-16(2)31-22(4)9-10-22/h6-8,15H,1-2,9-14,23H2,3-5H3,(H,25,26)/b8-7-,20-15+,24-19+. The van der Waals surface area contributed by atoms with E-state index >= 15 is 0 Å². The van der Waals surface area contributed by atoms with Crippen molar-refractivity contribution in [1.29, 1.82) is 0 Å². The van der Waals surface area contributed by atoms with Gasteiger partial charge in [0.15, 0.2) is 0 Å². The Morgan fingerprint density at radius 2 is 1.97 bits per heavy atom. The monoisotopic (exact) mass is 460 g/mol. The number of aromatic amines is 1. The lowest BCUT2D eigenvalue weighted by atomic mass is 10.1. The zero-order valence-corrected chi connectivity index (χ0v) is 19.8. The largest absolute Gasteiger partial charge is 0.488 e. The molecule has 3 N–H and O–H groups in total. The molecule has 0 aromatic carbocycles. The molecule has 1 saturated heterocycles. The second-order valence-electron chi connectivity index (χ2n) is 8.38. The minimum absolute atomic E-state index is 0.0749. The number of rotatable bonds is 9. The molecule has 0 spiro atoms. The number of aromatic nitrogens is 2. The molecule has 1 saturated carbocycles. The summed E-state index contributed by atoms with van der Waals surface area (Å²) in [5, 5.41) is 7.43. The second kappa shape index (κ2) is 9.33. The van der Waals surface area contributed by atoms with Crippen LogP contribution in [0.1, 0.15) is 36.7 Å². The van der Waals surface area contributed by atoms with Crippen molar-refractivity contribution in [2.45, 2.75) is 32.3 Å². The summed E-state index contributed by atoms with van der Waals surface area (Å²) in [4.78, 5) is 6.29. The van der Waals surface area contributed by atoms with E-state index in [-0.39, 0.29) is 5.60 Å². The molecule has 2 aliphatic rings. The molecule has 1 aromatic heterocycles. The van der Waals surface area contributed by atoms with Crippen LogP contribution in [0.25, 0.3) is 6.08 Å². The first-order chi connectivity index (χ1) is 15.0. The SMILES string of the molecule is C=C/N=C(\C=C(/N)N1CCN(S(C)(=O)=O)CC1)c1n[nH]c(/C=C\C(=C)OC2(C)CC2)c1C.